The first-order valence-electron chi connectivity index (χ1n) is 8.71. The van der Waals surface area contributed by atoms with E-state index in [0.29, 0.717) is 11.7 Å². The highest BCUT2D eigenvalue weighted by Crippen LogP contribution is 2.31. The number of amides is 2. The second kappa shape index (κ2) is 8.92. The molecule has 0 bridgehead atoms. The van der Waals surface area contributed by atoms with E-state index in [2.05, 4.69) is 15.6 Å². The number of hydrogen-bond acceptors (Lipinski definition) is 5. The summed E-state index contributed by atoms with van der Waals surface area (Å²) in [6, 6.07) is 13.8. The van der Waals surface area contributed by atoms with Crippen LogP contribution in [0.5, 0.6) is 0 Å². The molecular weight excluding hydrogens is 378 g/mol. The molecule has 0 saturated heterocycles. The van der Waals surface area contributed by atoms with Crippen molar-refractivity contribution in [1.82, 2.24) is 10.3 Å². The first kappa shape index (κ1) is 19.3. The summed E-state index contributed by atoms with van der Waals surface area (Å²) in [7, 11) is 0. The number of rotatable bonds is 7. The number of nitrogens with zero attached hydrogens (tertiary/aromatic N) is 1. The summed E-state index contributed by atoms with van der Waals surface area (Å²) in [6.07, 6.45) is 0.728. The molecule has 2 heterocycles. The molecule has 7 heteroatoms. The molecule has 1 atom stereocenters. The second-order valence-electron chi connectivity index (χ2n) is 6.07. The van der Waals surface area contributed by atoms with Crippen LogP contribution < -0.4 is 10.6 Å². The van der Waals surface area contributed by atoms with Crippen molar-refractivity contribution in [3.8, 4) is 10.6 Å². The molecule has 140 valence electrons. The molecule has 0 aliphatic rings. The monoisotopic (exact) mass is 399 g/mol. The van der Waals surface area contributed by atoms with Crippen LogP contribution in [0.25, 0.3) is 10.6 Å². The fourth-order valence-corrected chi connectivity index (χ4v) is 4.41. The van der Waals surface area contributed by atoms with Crippen LogP contribution in [0.3, 0.4) is 0 Å². The molecule has 0 fully saturated rings. The number of hydrogen-bond donors (Lipinski definition) is 2. The molecule has 1 aromatic carbocycles. The van der Waals surface area contributed by atoms with E-state index >= 15 is 0 Å². The van der Waals surface area contributed by atoms with Gasteiger partial charge in [-0.1, -0.05) is 37.3 Å². The zero-order chi connectivity index (χ0) is 19.2. The number of aromatic nitrogens is 1. The van der Waals surface area contributed by atoms with E-state index in [-0.39, 0.29) is 17.7 Å². The van der Waals surface area contributed by atoms with Crippen molar-refractivity contribution in [2.45, 2.75) is 32.7 Å². The van der Waals surface area contributed by atoms with Crippen LogP contribution in [0.4, 0.5) is 5.13 Å². The highest BCUT2D eigenvalue weighted by molar-refractivity contribution is 7.17. The summed E-state index contributed by atoms with van der Waals surface area (Å²) in [6.45, 7) is 4.03. The molecule has 27 heavy (non-hydrogen) atoms. The Bertz CT molecular complexity index is 918. The van der Waals surface area contributed by atoms with Crippen LogP contribution >= 0.6 is 22.7 Å². The predicted octanol–water partition coefficient (Wildman–Crippen LogP) is 4.64. The number of thiophene rings is 1. The standard InChI is InChI=1S/C20H21N3O2S2/c1-3-16(14-7-5-4-6-8-14)19(25)23-20-22-17(12-26-20)18-10-9-15(27-18)11-21-13(2)24/h4-10,12,16H,3,11H2,1-2H3,(H,21,24)(H,22,23,25)/t16-/m1/s1. The largest absolute Gasteiger partial charge is 0.351 e. The van der Waals surface area contributed by atoms with Crippen molar-refractivity contribution >= 4 is 39.6 Å². The van der Waals surface area contributed by atoms with Crippen molar-refractivity contribution in [2.24, 2.45) is 0 Å². The van der Waals surface area contributed by atoms with Gasteiger partial charge in [-0.15, -0.1) is 22.7 Å². The van der Waals surface area contributed by atoms with Gasteiger partial charge in [-0.25, -0.2) is 4.98 Å². The SMILES string of the molecule is CC[C@@H](C(=O)Nc1nc(-c2ccc(CNC(C)=O)s2)cs1)c1ccccc1. The van der Waals surface area contributed by atoms with E-state index in [4.69, 9.17) is 0 Å². The zero-order valence-corrected chi connectivity index (χ0v) is 16.8. The maximum Gasteiger partial charge on any atom is 0.233 e. The Morgan fingerprint density at radius 2 is 1.93 bits per heavy atom. The van der Waals surface area contributed by atoms with Crippen molar-refractivity contribution in [3.05, 3.63) is 58.3 Å². The van der Waals surface area contributed by atoms with Crippen LogP contribution in [-0.2, 0) is 16.1 Å². The minimum Gasteiger partial charge on any atom is -0.351 e. The molecule has 0 aliphatic heterocycles. The summed E-state index contributed by atoms with van der Waals surface area (Å²) >= 11 is 3.00. The maximum absolute atomic E-state index is 12.7. The van der Waals surface area contributed by atoms with Crippen LogP contribution in [0, 0.1) is 0 Å². The number of thiazole rings is 1. The van der Waals surface area contributed by atoms with Gasteiger partial charge < -0.3 is 10.6 Å². The average Bonchev–Trinajstić information content (AvgIpc) is 3.31. The third-order valence-corrected chi connectivity index (χ3v) is 5.95. The number of carbonyl (C=O) groups excluding carboxylic acids is 2. The molecule has 0 radical (unpaired) electrons. The quantitative estimate of drug-likeness (QED) is 0.608. The highest BCUT2D eigenvalue weighted by Gasteiger charge is 2.20. The summed E-state index contributed by atoms with van der Waals surface area (Å²) < 4.78 is 0. The highest BCUT2D eigenvalue weighted by atomic mass is 32.1. The minimum absolute atomic E-state index is 0.0397. The van der Waals surface area contributed by atoms with E-state index in [1.54, 1.807) is 11.3 Å². The number of anilines is 1. The molecule has 2 amide bonds. The van der Waals surface area contributed by atoms with E-state index < -0.39 is 0 Å². The van der Waals surface area contributed by atoms with Crippen LogP contribution in [0.15, 0.2) is 47.8 Å². The maximum atomic E-state index is 12.7. The van der Waals surface area contributed by atoms with Crippen molar-refractivity contribution in [1.29, 1.82) is 0 Å². The molecule has 5 nitrogen and oxygen atoms in total. The smallest absolute Gasteiger partial charge is 0.233 e. The first-order chi connectivity index (χ1) is 13.1. The van der Waals surface area contributed by atoms with Crippen molar-refractivity contribution in [3.63, 3.8) is 0 Å². The molecular formula is C20H21N3O2S2. The molecule has 2 N–H and O–H groups in total. The summed E-state index contributed by atoms with van der Waals surface area (Å²) in [5.74, 6) is -0.279. The lowest BCUT2D eigenvalue weighted by molar-refractivity contribution is -0.119. The van der Waals surface area contributed by atoms with Gasteiger partial charge in [0.05, 0.1) is 23.0 Å². The Kier molecular flexibility index (Phi) is 6.36. The Morgan fingerprint density at radius 1 is 1.15 bits per heavy atom. The van der Waals surface area contributed by atoms with E-state index in [9.17, 15) is 9.59 Å². The van der Waals surface area contributed by atoms with Crippen LogP contribution in [-0.4, -0.2) is 16.8 Å². The lowest BCUT2D eigenvalue weighted by Gasteiger charge is -2.14. The summed E-state index contributed by atoms with van der Waals surface area (Å²) in [5, 5.41) is 8.27. The van der Waals surface area contributed by atoms with Gasteiger partial charge in [-0.05, 0) is 24.1 Å². The Labute approximate surface area is 166 Å². The molecule has 0 aliphatic carbocycles. The lowest BCUT2D eigenvalue weighted by atomic mass is 9.96. The minimum atomic E-state index is -0.190. The topological polar surface area (TPSA) is 71.1 Å². The lowest BCUT2D eigenvalue weighted by Crippen LogP contribution is -2.20. The van der Waals surface area contributed by atoms with Crippen molar-refractivity contribution in [2.75, 3.05) is 5.32 Å². The molecule has 3 rings (SSSR count). The fraction of sp³-hybridized carbons (Fsp3) is 0.250. The van der Waals surface area contributed by atoms with E-state index in [1.165, 1.54) is 18.3 Å². The van der Waals surface area contributed by atoms with Crippen molar-refractivity contribution < 1.29 is 9.59 Å². The average molecular weight is 400 g/mol. The third-order valence-electron chi connectivity index (χ3n) is 4.09. The molecule has 0 unspecified atom stereocenters. The van der Waals surface area contributed by atoms with Crippen LogP contribution in [0.2, 0.25) is 0 Å². The fourth-order valence-electron chi connectivity index (χ4n) is 2.72. The van der Waals surface area contributed by atoms with Gasteiger partial charge in [-0.3, -0.25) is 9.59 Å². The zero-order valence-electron chi connectivity index (χ0n) is 15.2. The number of benzene rings is 1. The van der Waals surface area contributed by atoms with Gasteiger partial charge in [0.25, 0.3) is 0 Å². The van der Waals surface area contributed by atoms with Gasteiger partial charge in [0.2, 0.25) is 11.8 Å². The normalized spacial score (nSPS) is 11.8. The Morgan fingerprint density at radius 3 is 2.63 bits per heavy atom. The summed E-state index contributed by atoms with van der Waals surface area (Å²) in [5.41, 5.74) is 1.84. The summed E-state index contributed by atoms with van der Waals surface area (Å²) in [4.78, 5) is 30.3. The molecule has 0 saturated carbocycles. The van der Waals surface area contributed by atoms with Gasteiger partial charge >= 0.3 is 0 Å². The second-order valence-corrected chi connectivity index (χ2v) is 8.10. The Balaban J connectivity index is 1.67. The van der Waals surface area contributed by atoms with E-state index in [1.807, 2.05) is 54.8 Å². The first-order valence-corrected chi connectivity index (χ1v) is 10.4. The van der Waals surface area contributed by atoms with E-state index in [0.717, 1.165) is 27.4 Å². The predicted molar refractivity (Wildman–Crippen MR) is 111 cm³/mol. The number of carbonyl (C=O) groups is 2. The van der Waals surface area contributed by atoms with Gasteiger partial charge in [0.1, 0.15) is 0 Å². The number of nitrogens with one attached hydrogen (secondary N) is 2. The van der Waals surface area contributed by atoms with Gasteiger partial charge in [0.15, 0.2) is 5.13 Å². The van der Waals surface area contributed by atoms with Gasteiger partial charge in [0, 0.05) is 17.2 Å². The molecule has 3 aromatic rings. The van der Waals surface area contributed by atoms with Crippen LogP contribution in [0.1, 0.15) is 36.6 Å². The Hall–Kier alpha value is -2.51. The van der Waals surface area contributed by atoms with Gasteiger partial charge in [-0.2, -0.15) is 0 Å². The third kappa shape index (κ3) is 5.02. The molecule has 2 aromatic heterocycles. The molecule has 0 spiro atoms.